The lowest BCUT2D eigenvalue weighted by Gasteiger charge is -2.27. The second-order valence-electron chi connectivity index (χ2n) is 11.6. The molecule has 1 fully saturated rings. The lowest BCUT2D eigenvalue weighted by molar-refractivity contribution is -0.124. The zero-order valence-corrected chi connectivity index (χ0v) is 25.6. The molecule has 0 bridgehead atoms. The molecule has 1 atom stereocenters. The molecular weight excluding hydrogens is 564 g/mol. The minimum atomic E-state index is -3.71. The standard InChI is InChI=1S/C29H38N4O6S2/c1-29(2,3)28-24(23-14-13-22(31-40(4,36)37)19-26(23)33(28)41(5,38)39)16-18-32-17-6-7-25(32)21-11-8-20(9-12-21)10-15-27(34)30-35/h8-15,19,25,31,35H,6-7,16-18H2,1-5H3,(H,30,34). The van der Waals surface area contributed by atoms with Crippen molar-refractivity contribution >= 4 is 48.6 Å². The van der Waals surface area contributed by atoms with Gasteiger partial charge in [0.05, 0.1) is 23.7 Å². The van der Waals surface area contributed by atoms with Crippen LogP contribution in [0.2, 0.25) is 0 Å². The molecule has 222 valence electrons. The quantitative estimate of drug-likeness (QED) is 0.191. The van der Waals surface area contributed by atoms with Crippen LogP contribution in [0.3, 0.4) is 0 Å². The van der Waals surface area contributed by atoms with Crippen molar-refractivity contribution in [1.82, 2.24) is 14.4 Å². The van der Waals surface area contributed by atoms with Crippen LogP contribution in [0.15, 0.2) is 48.5 Å². The number of hydrogen-bond donors (Lipinski definition) is 3. The van der Waals surface area contributed by atoms with Crippen molar-refractivity contribution in [2.24, 2.45) is 0 Å². The molecule has 1 amide bonds. The summed E-state index contributed by atoms with van der Waals surface area (Å²) in [6, 6.07) is 13.2. The van der Waals surface area contributed by atoms with Crippen LogP contribution in [0.1, 0.15) is 62.0 Å². The van der Waals surface area contributed by atoms with Crippen LogP contribution in [0, 0.1) is 0 Å². The Morgan fingerprint density at radius 1 is 1.07 bits per heavy atom. The van der Waals surface area contributed by atoms with Crippen molar-refractivity contribution < 1.29 is 26.8 Å². The number of fused-ring (bicyclic) bond motifs is 1. The first kappa shape index (κ1) is 30.8. The molecule has 0 radical (unpaired) electrons. The molecule has 3 aromatic rings. The van der Waals surface area contributed by atoms with E-state index in [-0.39, 0.29) is 6.04 Å². The topological polar surface area (TPSA) is 138 Å². The third-order valence-electron chi connectivity index (χ3n) is 7.25. The van der Waals surface area contributed by atoms with Gasteiger partial charge in [0.25, 0.3) is 5.91 Å². The number of carbonyl (C=O) groups is 1. The van der Waals surface area contributed by atoms with Crippen molar-refractivity contribution in [1.29, 1.82) is 0 Å². The molecule has 1 aliphatic heterocycles. The smallest absolute Gasteiger partial charge is 0.267 e. The van der Waals surface area contributed by atoms with E-state index in [1.165, 1.54) is 16.3 Å². The number of hydroxylamine groups is 1. The second-order valence-corrected chi connectivity index (χ2v) is 15.2. The maximum Gasteiger partial charge on any atom is 0.267 e. The third kappa shape index (κ3) is 7.18. The average Bonchev–Trinajstić information content (AvgIpc) is 3.47. The van der Waals surface area contributed by atoms with Crippen molar-refractivity contribution in [3.8, 4) is 0 Å². The number of rotatable bonds is 9. The molecule has 1 unspecified atom stereocenters. The molecule has 0 saturated carbocycles. The summed E-state index contributed by atoms with van der Waals surface area (Å²) in [6.45, 7) is 7.60. The molecule has 1 aromatic heterocycles. The van der Waals surface area contributed by atoms with Gasteiger partial charge in [0.15, 0.2) is 0 Å². The molecule has 0 spiro atoms. The Bertz CT molecular complexity index is 1690. The fraction of sp³-hybridized carbons (Fsp3) is 0.414. The van der Waals surface area contributed by atoms with E-state index >= 15 is 0 Å². The molecule has 2 aromatic carbocycles. The monoisotopic (exact) mass is 602 g/mol. The van der Waals surface area contributed by atoms with Crippen molar-refractivity contribution in [2.75, 3.05) is 30.3 Å². The van der Waals surface area contributed by atoms with E-state index in [1.54, 1.807) is 29.8 Å². The highest BCUT2D eigenvalue weighted by Gasteiger charge is 2.32. The number of nitrogens with one attached hydrogen (secondary N) is 2. The Morgan fingerprint density at radius 2 is 1.76 bits per heavy atom. The molecule has 10 nitrogen and oxygen atoms in total. The normalized spacial score (nSPS) is 17.0. The largest absolute Gasteiger partial charge is 0.296 e. The predicted octanol–water partition coefficient (Wildman–Crippen LogP) is 4.02. The van der Waals surface area contributed by atoms with Crippen LogP contribution in [0.5, 0.6) is 0 Å². The fourth-order valence-corrected chi connectivity index (χ4v) is 7.50. The highest BCUT2D eigenvalue weighted by molar-refractivity contribution is 7.92. The summed E-state index contributed by atoms with van der Waals surface area (Å²) >= 11 is 0. The highest BCUT2D eigenvalue weighted by Crippen LogP contribution is 2.39. The molecule has 3 N–H and O–H groups in total. The average molecular weight is 603 g/mol. The summed E-state index contributed by atoms with van der Waals surface area (Å²) in [5, 5.41) is 9.45. The number of carbonyl (C=O) groups excluding carboxylic acids is 1. The van der Waals surface area contributed by atoms with Gasteiger partial charge in [-0.25, -0.2) is 26.3 Å². The van der Waals surface area contributed by atoms with Gasteiger partial charge in [0, 0.05) is 35.2 Å². The highest BCUT2D eigenvalue weighted by atomic mass is 32.2. The Morgan fingerprint density at radius 3 is 2.34 bits per heavy atom. The molecule has 41 heavy (non-hydrogen) atoms. The van der Waals surface area contributed by atoms with Gasteiger partial charge in [-0.15, -0.1) is 0 Å². The van der Waals surface area contributed by atoms with Gasteiger partial charge in [-0.05, 0) is 60.7 Å². The van der Waals surface area contributed by atoms with Crippen LogP contribution in [0.25, 0.3) is 17.0 Å². The Hall–Kier alpha value is -3.19. The zero-order valence-electron chi connectivity index (χ0n) is 24.0. The maximum absolute atomic E-state index is 13.1. The van der Waals surface area contributed by atoms with E-state index in [0.29, 0.717) is 23.3 Å². The first-order chi connectivity index (χ1) is 19.1. The van der Waals surface area contributed by atoms with E-state index < -0.39 is 31.4 Å². The van der Waals surface area contributed by atoms with Crippen molar-refractivity contribution in [3.63, 3.8) is 0 Å². The number of benzene rings is 2. The van der Waals surface area contributed by atoms with Gasteiger partial charge in [-0.3, -0.25) is 19.6 Å². The van der Waals surface area contributed by atoms with Crippen LogP contribution in [-0.4, -0.2) is 62.4 Å². The third-order valence-corrected chi connectivity index (χ3v) is 8.90. The van der Waals surface area contributed by atoms with Crippen molar-refractivity contribution in [2.45, 2.75) is 51.5 Å². The number of amides is 1. The Balaban J connectivity index is 1.68. The SMILES string of the molecule is CC(C)(C)c1c(CCN2CCCC2c2ccc(C=CC(=O)NO)cc2)c2ccc(NS(C)(=O)=O)cc2n1S(C)(=O)=O. The van der Waals surface area contributed by atoms with E-state index in [1.807, 2.05) is 45.0 Å². The summed E-state index contributed by atoms with van der Waals surface area (Å²) in [7, 11) is -7.25. The van der Waals surface area contributed by atoms with Crippen LogP contribution in [-0.2, 0) is 36.7 Å². The number of anilines is 1. The Labute approximate surface area is 242 Å². The second kappa shape index (κ2) is 11.6. The van der Waals surface area contributed by atoms with Crippen molar-refractivity contribution in [3.05, 3.63) is 70.9 Å². The number of likely N-dealkylation sites (tertiary alicyclic amines) is 1. The molecule has 1 aliphatic rings. The summed E-state index contributed by atoms with van der Waals surface area (Å²) in [5.74, 6) is -0.592. The van der Waals surface area contributed by atoms with E-state index in [9.17, 15) is 21.6 Å². The van der Waals surface area contributed by atoms with E-state index in [0.717, 1.165) is 54.3 Å². The fourth-order valence-electron chi connectivity index (χ4n) is 5.72. The van der Waals surface area contributed by atoms with Crippen LogP contribution >= 0.6 is 0 Å². The van der Waals surface area contributed by atoms with E-state index in [2.05, 4.69) is 9.62 Å². The first-order valence-corrected chi connectivity index (χ1v) is 17.1. The molecule has 1 saturated heterocycles. The van der Waals surface area contributed by atoms with E-state index in [4.69, 9.17) is 5.21 Å². The molecule has 0 aliphatic carbocycles. The number of aromatic nitrogens is 1. The number of hydrogen-bond acceptors (Lipinski definition) is 7. The molecule has 2 heterocycles. The minimum Gasteiger partial charge on any atom is -0.296 e. The van der Waals surface area contributed by atoms with Gasteiger partial charge in [0.1, 0.15) is 0 Å². The molecule has 12 heteroatoms. The van der Waals surface area contributed by atoms with Crippen LogP contribution < -0.4 is 10.2 Å². The lowest BCUT2D eigenvalue weighted by atomic mass is 9.88. The number of sulfonamides is 1. The Kier molecular flexibility index (Phi) is 8.70. The minimum absolute atomic E-state index is 0.209. The van der Waals surface area contributed by atoms with Gasteiger partial charge >= 0.3 is 0 Å². The molecule has 4 rings (SSSR count). The first-order valence-electron chi connectivity index (χ1n) is 13.4. The van der Waals surface area contributed by atoms with Gasteiger partial charge in [0.2, 0.25) is 20.0 Å². The number of nitrogens with zero attached hydrogens (tertiary/aromatic N) is 2. The predicted molar refractivity (Wildman–Crippen MR) is 162 cm³/mol. The summed E-state index contributed by atoms with van der Waals surface area (Å²) in [6.07, 6.45) is 7.79. The zero-order chi connectivity index (χ0) is 30.2. The summed E-state index contributed by atoms with van der Waals surface area (Å²) < 4.78 is 53.8. The summed E-state index contributed by atoms with van der Waals surface area (Å²) in [4.78, 5) is 13.7. The molecular formula is C29H38N4O6S2. The van der Waals surface area contributed by atoms with Gasteiger partial charge in [-0.1, -0.05) is 51.1 Å². The van der Waals surface area contributed by atoms with Gasteiger partial charge < -0.3 is 0 Å². The van der Waals surface area contributed by atoms with Gasteiger partial charge in [-0.2, -0.15) is 0 Å². The lowest BCUT2D eigenvalue weighted by Crippen LogP contribution is -2.28. The maximum atomic E-state index is 13.1. The summed E-state index contributed by atoms with van der Waals surface area (Å²) in [5.41, 5.74) is 5.49. The van der Waals surface area contributed by atoms with Crippen LogP contribution in [0.4, 0.5) is 5.69 Å².